The maximum atomic E-state index is 12.8. The van der Waals surface area contributed by atoms with Crippen molar-refractivity contribution in [3.8, 4) is 5.75 Å². The van der Waals surface area contributed by atoms with E-state index in [1.54, 1.807) is 48.5 Å². The summed E-state index contributed by atoms with van der Waals surface area (Å²) in [5, 5.41) is 11.4. The van der Waals surface area contributed by atoms with Crippen LogP contribution in [0.25, 0.3) is 10.8 Å². The molecule has 0 aliphatic rings. The number of carboxylic acids is 1. The molecule has 0 fully saturated rings. The third-order valence-electron chi connectivity index (χ3n) is 5.66. The van der Waals surface area contributed by atoms with Crippen LogP contribution in [0.2, 0.25) is 0 Å². The summed E-state index contributed by atoms with van der Waals surface area (Å²) in [7, 11) is -3.50. The number of hydrogen-bond acceptors (Lipinski definition) is 4. The van der Waals surface area contributed by atoms with Gasteiger partial charge in [0.2, 0.25) is 0 Å². The van der Waals surface area contributed by atoms with E-state index in [4.69, 9.17) is 9.84 Å². The Balaban J connectivity index is 1.51. The zero-order valence-corrected chi connectivity index (χ0v) is 19.5. The zero-order chi connectivity index (χ0) is 24.0. The van der Waals surface area contributed by atoms with Gasteiger partial charge in [-0.3, -0.25) is 4.79 Å². The van der Waals surface area contributed by atoms with Crippen molar-refractivity contribution in [3.05, 3.63) is 108 Å². The Labute approximate surface area is 199 Å². The number of aliphatic carboxylic acids is 1. The summed E-state index contributed by atoms with van der Waals surface area (Å²) in [6.07, 6.45) is 0.963. The number of carboxylic acid groups (broad SMARTS) is 1. The molecule has 0 spiro atoms. The normalized spacial score (nSPS) is 11.4. The molecule has 4 aromatic rings. The van der Waals surface area contributed by atoms with Crippen molar-refractivity contribution in [1.29, 1.82) is 0 Å². The third-order valence-corrected chi connectivity index (χ3v) is 7.36. The second-order valence-electron chi connectivity index (χ2n) is 8.19. The minimum Gasteiger partial charge on any atom is -0.493 e. The topological polar surface area (TPSA) is 80.7 Å². The number of hydrogen-bond donors (Lipinski definition) is 1. The molecule has 0 amide bonds. The van der Waals surface area contributed by atoms with Gasteiger partial charge in [0.25, 0.3) is 0 Å². The van der Waals surface area contributed by atoms with Crippen molar-refractivity contribution < 1.29 is 23.1 Å². The average Bonchev–Trinajstić information content (AvgIpc) is 2.84. The molecule has 0 aliphatic heterocycles. The number of carbonyl (C=O) groups is 1. The second kappa shape index (κ2) is 10.5. The number of benzene rings is 4. The average molecular weight is 475 g/mol. The van der Waals surface area contributed by atoms with E-state index in [1.807, 2.05) is 12.1 Å². The Kier molecular flexibility index (Phi) is 7.28. The Morgan fingerprint density at radius 3 is 2.24 bits per heavy atom. The Morgan fingerprint density at radius 2 is 1.47 bits per heavy atom. The van der Waals surface area contributed by atoms with E-state index in [2.05, 4.69) is 30.3 Å². The molecule has 0 saturated carbocycles. The largest absolute Gasteiger partial charge is 0.493 e. The third kappa shape index (κ3) is 6.02. The standard InChI is InChI=1S/C28H26O5S/c29-28(30)15-14-24-13-11-22(20-34(31,32)26-8-2-1-3-9-26)19-27(24)33-17-16-21-10-12-23-6-4-5-7-25(23)18-21/h1-13,18-19H,14-17,20H2,(H,29,30). The van der Waals surface area contributed by atoms with Crippen LogP contribution in [0.15, 0.2) is 95.9 Å². The van der Waals surface area contributed by atoms with Gasteiger partial charge in [-0.05, 0) is 52.1 Å². The van der Waals surface area contributed by atoms with Crippen LogP contribution in [0.5, 0.6) is 5.75 Å². The van der Waals surface area contributed by atoms with Crippen LogP contribution in [0.1, 0.15) is 23.1 Å². The Bertz CT molecular complexity index is 1400. The first kappa shape index (κ1) is 23.5. The first-order chi connectivity index (χ1) is 16.4. The molecule has 4 aromatic carbocycles. The molecule has 34 heavy (non-hydrogen) atoms. The van der Waals surface area contributed by atoms with Crippen molar-refractivity contribution in [3.63, 3.8) is 0 Å². The molecule has 0 aliphatic carbocycles. The minimum absolute atomic E-state index is 0.0251. The summed E-state index contributed by atoms with van der Waals surface area (Å²) in [4.78, 5) is 11.3. The highest BCUT2D eigenvalue weighted by atomic mass is 32.2. The van der Waals surface area contributed by atoms with Crippen LogP contribution in [-0.4, -0.2) is 26.1 Å². The van der Waals surface area contributed by atoms with E-state index in [0.717, 1.165) is 16.5 Å². The molecule has 0 bridgehead atoms. The van der Waals surface area contributed by atoms with Gasteiger partial charge in [-0.25, -0.2) is 8.42 Å². The molecule has 0 heterocycles. The lowest BCUT2D eigenvalue weighted by atomic mass is 10.1. The van der Waals surface area contributed by atoms with E-state index in [9.17, 15) is 13.2 Å². The lowest BCUT2D eigenvalue weighted by molar-refractivity contribution is -0.136. The SMILES string of the molecule is O=C(O)CCc1ccc(CS(=O)(=O)c2ccccc2)cc1OCCc1ccc2ccccc2c1. The number of aryl methyl sites for hydroxylation is 1. The van der Waals surface area contributed by atoms with Gasteiger partial charge >= 0.3 is 5.97 Å². The van der Waals surface area contributed by atoms with Gasteiger partial charge in [0.15, 0.2) is 9.84 Å². The second-order valence-corrected chi connectivity index (χ2v) is 10.2. The number of ether oxygens (including phenoxy) is 1. The molecule has 5 nitrogen and oxygen atoms in total. The highest BCUT2D eigenvalue weighted by molar-refractivity contribution is 7.90. The van der Waals surface area contributed by atoms with Gasteiger partial charge in [-0.15, -0.1) is 0 Å². The highest BCUT2D eigenvalue weighted by Crippen LogP contribution is 2.26. The van der Waals surface area contributed by atoms with E-state index >= 15 is 0 Å². The molecule has 1 N–H and O–H groups in total. The highest BCUT2D eigenvalue weighted by Gasteiger charge is 2.17. The fourth-order valence-corrected chi connectivity index (χ4v) is 5.23. The molecule has 0 saturated heterocycles. The molecule has 0 unspecified atom stereocenters. The molecular formula is C28H26O5S. The summed E-state index contributed by atoms with van der Waals surface area (Å²) < 4.78 is 31.7. The van der Waals surface area contributed by atoms with Gasteiger partial charge in [-0.2, -0.15) is 0 Å². The molecule has 174 valence electrons. The molecule has 4 rings (SSSR count). The predicted octanol–water partition coefficient (Wildman–Crippen LogP) is 5.45. The molecule has 6 heteroatoms. The van der Waals surface area contributed by atoms with Crippen molar-refractivity contribution in [2.24, 2.45) is 0 Å². The van der Waals surface area contributed by atoms with Gasteiger partial charge in [0.05, 0.1) is 17.3 Å². The maximum Gasteiger partial charge on any atom is 0.303 e. The van der Waals surface area contributed by atoms with Crippen molar-refractivity contribution in [2.75, 3.05) is 6.61 Å². The lowest BCUT2D eigenvalue weighted by Crippen LogP contribution is -2.08. The van der Waals surface area contributed by atoms with E-state index in [-0.39, 0.29) is 17.1 Å². The van der Waals surface area contributed by atoms with Crippen LogP contribution < -0.4 is 4.74 Å². The van der Waals surface area contributed by atoms with Gasteiger partial charge in [0, 0.05) is 12.8 Å². The number of rotatable bonds is 10. The van der Waals surface area contributed by atoms with E-state index in [0.29, 0.717) is 30.8 Å². The molecular weight excluding hydrogens is 448 g/mol. The number of fused-ring (bicyclic) bond motifs is 1. The van der Waals surface area contributed by atoms with E-state index in [1.165, 1.54) is 5.39 Å². The maximum absolute atomic E-state index is 12.8. The summed E-state index contributed by atoms with van der Waals surface area (Å²) in [5.74, 6) is -0.516. The summed E-state index contributed by atoms with van der Waals surface area (Å²) in [5.41, 5.74) is 2.49. The fourth-order valence-electron chi connectivity index (χ4n) is 3.87. The molecule has 0 aromatic heterocycles. The summed E-state index contributed by atoms with van der Waals surface area (Å²) in [6.45, 7) is 0.396. The van der Waals surface area contributed by atoms with Gasteiger partial charge in [0.1, 0.15) is 5.75 Å². The van der Waals surface area contributed by atoms with Crippen molar-refractivity contribution in [2.45, 2.75) is 29.9 Å². The van der Waals surface area contributed by atoms with Gasteiger partial charge in [-0.1, -0.05) is 72.8 Å². The first-order valence-electron chi connectivity index (χ1n) is 11.1. The number of sulfone groups is 1. The lowest BCUT2D eigenvalue weighted by Gasteiger charge is -2.14. The quantitative estimate of drug-likeness (QED) is 0.330. The predicted molar refractivity (Wildman–Crippen MR) is 133 cm³/mol. The monoisotopic (exact) mass is 474 g/mol. The Morgan fingerprint density at radius 1 is 0.765 bits per heavy atom. The van der Waals surface area contributed by atoms with Gasteiger partial charge < -0.3 is 9.84 Å². The zero-order valence-electron chi connectivity index (χ0n) is 18.7. The van der Waals surface area contributed by atoms with Crippen molar-refractivity contribution in [1.82, 2.24) is 0 Å². The summed E-state index contributed by atoms with van der Waals surface area (Å²) in [6, 6.07) is 28.0. The molecule has 0 radical (unpaired) electrons. The van der Waals surface area contributed by atoms with Crippen LogP contribution >= 0.6 is 0 Å². The smallest absolute Gasteiger partial charge is 0.303 e. The molecule has 0 atom stereocenters. The van der Waals surface area contributed by atoms with E-state index < -0.39 is 15.8 Å². The van der Waals surface area contributed by atoms with Crippen LogP contribution in [0.3, 0.4) is 0 Å². The van der Waals surface area contributed by atoms with Crippen molar-refractivity contribution >= 4 is 26.6 Å². The Hall–Kier alpha value is -3.64. The summed E-state index contributed by atoms with van der Waals surface area (Å²) >= 11 is 0. The fraction of sp³-hybridized carbons (Fsp3) is 0.179. The van der Waals surface area contributed by atoms with Crippen LogP contribution in [-0.2, 0) is 33.2 Å². The minimum atomic E-state index is -3.50. The van der Waals surface area contributed by atoms with Crippen LogP contribution in [0, 0.1) is 0 Å². The van der Waals surface area contributed by atoms with Crippen LogP contribution in [0.4, 0.5) is 0 Å². The first-order valence-corrected chi connectivity index (χ1v) is 12.8.